The van der Waals surface area contributed by atoms with Crippen LogP contribution in [0, 0.1) is 10.1 Å². The van der Waals surface area contributed by atoms with Gasteiger partial charge in [0, 0.05) is 32.4 Å². The van der Waals surface area contributed by atoms with Crippen molar-refractivity contribution in [1.82, 2.24) is 5.32 Å². The van der Waals surface area contributed by atoms with Crippen LogP contribution in [0.4, 0.5) is 5.69 Å². The smallest absolute Gasteiger partial charge is 0.270 e. The summed E-state index contributed by atoms with van der Waals surface area (Å²) in [6.45, 7) is 2.13. The third kappa shape index (κ3) is 4.68. The zero-order valence-corrected chi connectivity index (χ0v) is 10.4. The number of rotatable bonds is 7. The molecular weight excluding hydrogens is 244 g/mol. The van der Waals surface area contributed by atoms with E-state index in [9.17, 15) is 10.1 Å². The van der Waals surface area contributed by atoms with Crippen LogP contribution in [0.1, 0.15) is 12.0 Å². The van der Waals surface area contributed by atoms with Crippen LogP contribution >= 0.6 is 11.6 Å². The number of nitro benzene ring substituents is 1. The van der Waals surface area contributed by atoms with Crippen molar-refractivity contribution in [3.63, 3.8) is 0 Å². The lowest BCUT2D eigenvalue weighted by molar-refractivity contribution is -0.384. The molecule has 0 amide bonds. The molecule has 1 N–H and O–H groups in total. The zero-order chi connectivity index (χ0) is 12.7. The molecule has 0 spiro atoms. The standard InChI is InChI=1S/C11H15ClN2O3/c1-17-6-2-5-13-8-9-3-4-10(14(15)16)7-11(9)12/h3-4,7,13H,2,5-6,8H2,1H3. The highest BCUT2D eigenvalue weighted by Gasteiger charge is 2.08. The van der Waals surface area contributed by atoms with Gasteiger partial charge in [-0.05, 0) is 24.6 Å². The molecule has 0 heterocycles. The third-order valence-electron chi connectivity index (χ3n) is 2.26. The van der Waals surface area contributed by atoms with Crippen molar-refractivity contribution in [2.45, 2.75) is 13.0 Å². The molecular formula is C11H15ClN2O3. The van der Waals surface area contributed by atoms with E-state index in [4.69, 9.17) is 16.3 Å². The van der Waals surface area contributed by atoms with E-state index >= 15 is 0 Å². The lowest BCUT2D eigenvalue weighted by atomic mass is 10.2. The highest BCUT2D eigenvalue weighted by Crippen LogP contribution is 2.22. The SMILES string of the molecule is COCCCNCc1ccc([N+](=O)[O-])cc1Cl. The minimum absolute atomic E-state index is 0.0122. The Balaban J connectivity index is 2.46. The normalized spacial score (nSPS) is 10.5. The summed E-state index contributed by atoms with van der Waals surface area (Å²) in [4.78, 5) is 10.1. The fraction of sp³-hybridized carbons (Fsp3) is 0.455. The predicted molar refractivity (Wildman–Crippen MR) is 66.3 cm³/mol. The van der Waals surface area contributed by atoms with Gasteiger partial charge >= 0.3 is 0 Å². The first-order valence-corrected chi connectivity index (χ1v) is 5.65. The summed E-state index contributed by atoms with van der Waals surface area (Å²) in [6, 6.07) is 4.50. The maximum atomic E-state index is 10.5. The van der Waals surface area contributed by atoms with Crippen LogP contribution in [0.15, 0.2) is 18.2 Å². The number of nitrogens with zero attached hydrogens (tertiary/aromatic N) is 1. The molecule has 6 heteroatoms. The Morgan fingerprint density at radius 3 is 2.88 bits per heavy atom. The molecule has 0 aromatic heterocycles. The summed E-state index contributed by atoms with van der Waals surface area (Å²) in [7, 11) is 1.66. The van der Waals surface area contributed by atoms with Gasteiger partial charge in [-0.2, -0.15) is 0 Å². The number of ether oxygens (including phenoxy) is 1. The molecule has 17 heavy (non-hydrogen) atoms. The van der Waals surface area contributed by atoms with E-state index in [1.807, 2.05) is 0 Å². The Labute approximate surface area is 105 Å². The lowest BCUT2D eigenvalue weighted by Crippen LogP contribution is -2.16. The molecule has 0 atom stereocenters. The van der Waals surface area contributed by atoms with Crippen molar-refractivity contribution in [2.24, 2.45) is 0 Å². The van der Waals surface area contributed by atoms with E-state index in [1.54, 1.807) is 13.2 Å². The second-order valence-corrected chi connectivity index (χ2v) is 3.96. The molecule has 5 nitrogen and oxygen atoms in total. The van der Waals surface area contributed by atoms with Crippen molar-refractivity contribution < 1.29 is 9.66 Å². The molecule has 0 saturated heterocycles. The number of non-ortho nitro benzene ring substituents is 1. The fourth-order valence-electron chi connectivity index (χ4n) is 1.36. The molecule has 0 aliphatic rings. The average Bonchev–Trinajstić information content (AvgIpc) is 2.30. The van der Waals surface area contributed by atoms with Crippen LogP contribution in [-0.2, 0) is 11.3 Å². The number of methoxy groups -OCH3 is 1. The monoisotopic (exact) mass is 258 g/mol. The van der Waals surface area contributed by atoms with E-state index in [-0.39, 0.29) is 5.69 Å². The molecule has 0 unspecified atom stereocenters. The van der Waals surface area contributed by atoms with Gasteiger partial charge in [0.1, 0.15) is 0 Å². The second kappa shape index (κ2) is 7.21. The van der Waals surface area contributed by atoms with Gasteiger partial charge in [0.25, 0.3) is 5.69 Å². The third-order valence-corrected chi connectivity index (χ3v) is 2.62. The van der Waals surface area contributed by atoms with Crippen LogP contribution < -0.4 is 5.32 Å². The predicted octanol–water partition coefficient (Wildman–Crippen LogP) is 2.37. The minimum atomic E-state index is -0.457. The Bertz CT molecular complexity index is 385. The van der Waals surface area contributed by atoms with Gasteiger partial charge < -0.3 is 10.1 Å². The van der Waals surface area contributed by atoms with Crippen LogP contribution in [0.3, 0.4) is 0 Å². The van der Waals surface area contributed by atoms with E-state index in [2.05, 4.69) is 5.32 Å². The van der Waals surface area contributed by atoms with Gasteiger partial charge in [0.05, 0.1) is 9.95 Å². The van der Waals surface area contributed by atoms with Gasteiger partial charge in [0.2, 0.25) is 0 Å². The molecule has 0 bridgehead atoms. The van der Waals surface area contributed by atoms with E-state index in [0.717, 1.165) is 18.5 Å². The quantitative estimate of drug-likeness (QED) is 0.463. The molecule has 0 saturated carbocycles. The molecule has 94 valence electrons. The largest absolute Gasteiger partial charge is 0.385 e. The zero-order valence-electron chi connectivity index (χ0n) is 9.61. The van der Waals surface area contributed by atoms with Gasteiger partial charge in [-0.3, -0.25) is 10.1 Å². The van der Waals surface area contributed by atoms with Gasteiger partial charge in [-0.15, -0.1) is 0 Å². The van der Waals surface area contributed by atoms with Crippen LogP contribution in [0.2, 0.25) is 5.02 Å². The highest BCUT2D eigenvalue weighted by atomic mass is 35.5. The molecule has 0 aliphatic carbocycles. The maximum absolute atomic E-state index is 10.5. The van der Waals surface area contributed by atoms with Gasteiger partial charge in [0.15, 0.2) is 0 Å². The highest BCUT2D eigenvalue weighted by molar-refractivity contribution is 6.31. The summed E-state index contributed by atoms with van der Waals surface area (Å²) in [5.74, 6) is 0. The molecule has 0 radical (unpaired) electrons. The first kappa shape index (κ1) is 13.9. The Morgan fingerprint density at radius 2 is 2.29 bits per heavy atom. The molecule has 1 rings (SSSR count). The van der Waals surface area contributed by atoms with Crippen molar-refractivity contribution in [2.75, 3.05) is 20.3 Å². The maximum Gasteiger partial charge on any atom is 0.270 e. The van der Waals surface area contributed by atoms with E-state index in [1.165, 1.54) is 12.1 Å². The van der Waals surface area contributed by atoms with Crippen LogP contribution in [-0.4, -0.2) is 25.2 Å². The average molecular weight is 259 g/mol. The first-order chi connectivity index (χ1) is 8.15. The van der Waals surface area contributed by atoms with E-state index < -0.39 is 4.92 Å². The van der Waals surface area contributed by atoms with E-state index in [0.29, 0.717) is 18.2 Å². The molecule has 0 fully saturated rings. The van der Waals surface area contributed by atoms with Gasteiger partial charge in [-0.25, -0.2) is 0 Å². The van der Waals surface area contributed by atoms with Crippen LogP contribution in [0.25, 0.3) is 0 Å². The number of nitrogens with one attached hydrogen (secondary N) is 1. The topological polar surface area (TPSA) is 64.4 Å². The summed E-state index contributed by atoms with van der Waals surface area (Å²) >= 11 is 5.94. The summed E-state index contributed by atoms with van der Waals surface area (Å²) < 4.78 is 4.92. The Hall–Kier alpha value is -1.17. The summed E-state index contributed by atoms with van der Waals surface area (Å²) in [5, 5.41) is 14.1. The summed E-state index contributed by atoms with van der Waals surface area (Å²) in [5.41, 5.74) is 0.868. The van der Waals surface area contributed by atoms with Crippen molar-refractivity contribution >= 4 is 17.3 Å². The Kier molecular flexibility index (Phi) is 5.90. The number of nitro groups is 1. The fourth-order valence-corrected chi connectivity index (χ4v) is 1.60. The Morgan fingerprint density at radius 1 is 1.53 bits per heavy atom. The summed E-state index contributed by atoms with van der Waals surface area (Å²) in [6.07, 6.45) is 0.918. The van der Waals surface area contributed by atoms with Crippen LogP contribution in [0.5, 0.6) is 0 Å². The molecule has 1 aromatic rings. The van der Waals surface area contributed by atoms with Crippen molar-refractivity contribution in [3.8, 4) is 0 Å². The second-order valence-electron chi connectivity index (χ2n) is 3.56. The number of hydrogen-bond donors (Lipinski definition) is 1. The van der Waals surface area contributed by atoms with Gasteiger partial charge in [-0.1, -0.05) is 11.6 Å². The number of benzene rings is 1. The van der Waals surface area contributed by atoms with Crippen molar-refractivity contribution in [3.05, 3.63) is 38.9 Å². The first-order valence-electron chi connectivity index (χ1n) is 5.27. The van der Waals surface area contributed by atoms with Crippen molar-refractivity contribution in [1.29, 1.82) is 0 Å². The number of hydrogen-bond acceptors (Lipinski definition) is 4. The molecule has 0 aliphatic heterocycles. The lowest BCUT2D eigenvalue weighted by Gasteiger charge is -2.06. The molecule has 1 aromatic carbocycles. The minimum Gasteiger partial charge on any atom is -0.385 e. The number of halogens is 1.